The molecule has 3 aromatic rings. The van der Waals surface area contributed by atoms with Crippen LogP contribution in [0.4, 0.5) is 0 Å². The maximum Gasteiger partial charge on any atom is 0.255 e. The number of rotatable bonds is 4. The molecule has 0 bridgehead atoms. The summed E-state index contributed by atoms with van der Waals surface area (Å²) in [4.78, 5) is 20.1. The minimum atomic E-state index is -0.00669. The summed E-state index contributed by atoms with van der Waals surface area (Å²) in [5, 5.41) is 7.86. The quantitative estimate of drug-likeness (QED) is 0.650. The highest BCUT2D eigenvalue weighted by atomic mass is 16.1. The number of pyridine rings is 1. The van der Waals surface area contributed by atoms with Crippen molar-refractivity contribution in [3.05, 3.63) is 101 Å². The first-order chi connectivity index (χ1) is 16.2. The van der Waals surface area contributed by atoms with Gasteiger partial charge in [-0.15, -0.1) is 0 Å². The highest BCUT2D eigenvalue weighted by molar-refractivity contribution is 5.97. The Morgan fingerprint density at radius 3 is 3.06 bits per heavy atom. The molecule has 1 fully saturated rings. The lowest BCUT2D eigenvalue weighted by atomic mass is 9.93. The summed E-state index contributed by atoms with van der Waals surface area (Å²) in [6, 6.07) is 16.9. The number of para-hydroxylation sites is 1. The standard InChI is InChI=1S/C28H28N4O/c33-28(31-22-9-8-19-10-13-30-27(19)16-22)25-6-3-4-20-17-32(15-12-23(20)25)18-21-11-14-29-26-7-2-1-5-24(21)26/h1-9,11,14,16,19,27,30H,10,12-13,15,17-18H2,(H,31,33). The second kappa shape index (κ2) is 8.58. The van der Waals surface area contributed by atoms with Crippen molar-refractivity contribution in [1.29, 1.82) is 0 Å². The molecule has 2 aromatic carbocycles. The van der Waals surface area contributed by atoms with Crippen LogP contribution in [0.1, 0.15) is 33.5 Å². The number of allylic oxidation sites excluding steroid dienone is 1. The first kappa shape index (κ1) is 20.3. The summed E-state index contributed by atoms with van der Waals surface area (Å²) in [7, 11) is 0. The molecule has 6 rings (SSSR count). The van der Waals surface area contributed by atoms with E-state index >= 15 is 0 Å². The van der Waals surface area contributed by atoms with Crippen LogP contribution < -0.4 is 10.6 Å². The molecule has 0 radical (unpaired) electrons. The molecule has 2 N–H and O–H groups in total. The zero-order chi connectivity index (χ0) is 22.2. The molecule has 2 aliphatic heterocycles. The summed E-state index contributed by atoms with van der Waals surface area (Å²) in [6.07, 6.45) is 10.4. The molecule has 2 unspecified atom stereocenters. The third-order valence-electron chi connectivity index (χ3n) is 7.18. The molecule has 1 amide bonds. The first-order valence-electron chi connectivity index (χ1n) is 11.8. The predicted octanol–water partition coefficient (Wildman–Crippen LogP) is 3.95. The highest BCUT2D eigenvalue weighted by Crippen LogP contribution is 2.27. The fraction of sp³-hybridized carbons (Fsp3) is 0.286. The van der Waals surface area contributed by atoms with E-state index in [0.29, 0.717) is 12.0 Å². The van der Waals surface area contributed by atoms with Gasteiger partial charge in [-0.3, -0.25) is 14.7 Å². The van der Waals surface area contributed by atoms with Gasteiger partial charge in [0.1, 0.15) is 0 Å². The van der Waals surface area contributed by atoms with E-state index in [2.05, 4.69) is 69.1 Å². The summed E-state index contributed by atoms with van der Waals surface area (Å²) >= 11 is 0. The van der Waals surface area contributed by atoms with Crippen molar-refractivity contribution >= 4 is 16.8 Å². The van der Waals surface area contributed by atoms with Crippen molar-refractivity contribution in [2.75, 3.05) is 13.1 Å². The first-order valence-corrected chi connectivity index (χ1v) is 11.8. The van der Waals surface area contributed by atoms with Crippen molar-refractivity contribution in [2.24, 2.45) is 5.92 Å². The molecule has 1 aromatic heterocycles. The molecule has 0 saturated carbocycles. The van der Waals surface area contributed by atoms with Gasteiger partial charge in [0.25, 0.3) is 5.91 Å². The Balaban J connectivity index is 1.19. The average molecular weight is 437 g/mol. The van der Waals surface area contributed by atoms with Gasteiger partial charge < -0.3 is 10.6 Å². The van der Waals surface area contributed by atoms with Gasteiger partial charge in [0.15, 0.2) is 0 Å². The third kappa shape index (κ3) is 3.99. The van der Waals surface area contributed by atoms with E-state index in [4.69, 9.17) is 0 Å². The van der Waals surface area contributed by atoms with Crippen LogP contribution in [-0.2, 0) is 19.5 Å². The lowest BCUT2D eigenvalue weighted by molar-refractivity contribution is 0.0964. The lowest BCUT2D eigenvalue weighted by Crippen LogP contribution is -2.33. The third-order valence-corrected chi connectivity index (χ3v) is 7.18. The summed E-state index contributed by atoms with van der Waals surface area (Å²) in [6.45, 7) is 3.70. The molecule has 1 aliphatic carbocycles. The second-order valence-electron chi connectivity index (χ2n) is 9.26. The number of hydrogen-bond donors (Lipinski definition) is 2. The van der Waals surface area contributed by atoms with Crippen LogP contribution in [0.5, 0.6) is 0 Å². The normalized spacial score (nSPS) is 22.0. The smallest absolute Gasteiger partial charge is 0.255 e. The van der Waals surface area contributed by atoms with E-state index in [0.717, 1.165) is 55.8 Å². The van der Waals surface area contributed by atoms with Crippen molar-refractivity contribution < 1.29 is 4.79 Å². The molecule has 1 saturated heterocycles. The molecule has 5 nitrogen and oxygen atoms in total. The number of carbonyl (C=O) groups is 1. The molecule has 33 heavy (non-hydrogen) atoms. The fourth-order valence-electron chi connectivity index (χ4n) is 5.45. The van der Waals surface area contributed by atoms with Crippen molar-refractivity contribution in [2.45, 2.75) is 32.0 Å². The fourth-order valence-corrected chi connectivity index (χ4v) is 5.45. The maximum absolute atomic E-state index is 13.2. The molecular formula is C28H28N4O. The minimum absolute atomic E-state index is 0.00669. The summed E-state index contributed by atoms with van der Waals surface area (Å²) in [5.74, 6) is 0.548. The highest BCUT2D eigenvalue weighted by Gasteiger charge is 2.27. The number of amides is 1. The van der Waals surface area contributed by atoms with E-state index < -0.39 is 0 Å². The van der Waals surface area contributed by atoms with Crippen molar-refractivity contribution in [3.63, 3.8) is 0 Å². The lowest BCUT2D eigenvalue weighted by Gasteiger charge is -2.30. The number of fused-ring (bicyclic) bond motifs is 3. The molecule has 2 atom stereocenters. The monoisotopic (exact) mass is 436 g/mol. The van der Waals surface area contributed by atoms with Crippen LogP contribution in [0.15, 0.2) is 78.7 Å². The topological polar surface area (TPSA) is 57.3 Å². The largest absolute Gasteiger partial charge is 0.322 e. The molecule has 5 heteroatoms. The van der Waals surface area contributed by atoms with Crippen LogP contribution in [0.2, 0.25) is 0 Å². The second-order valence-corrected chi connectivity index (χ2v) is 9.26. The molecule has 0 spiro atoms. The Morgan fingerprint density at radius 2 is 2.09 bits per heavy atom. The van der Waals surface area contributed by atoms with E-state index in [1.165, 1.54) is 22.1 Å². The Labute approximate surface area is 194 Å². The summed E-state index contributed by atoms with van der Waals surface area (Å²) in [5.41, 5.74) is 6.47. The van der Waals surface area contributed by atoms with Gasteiger partial charge in [0.2, 0.25) is 0 Å². The van der Waals surface area contributed by atoms with E-state index in [9.17, 15) is 4.79 Å². The number of nitrogens with zero attached hydrogens (tertiary/aromatic N) is 2. The van der Waals surface area contributed by atoms with E-state index in [-0.39, 0.29) is 5.91 Å². The van der Waals surface area contributed by atoms with Gasteiger partial charge in [0, 0.05) is 48.5 Å². The molecule has 3 aliphatic rings. The maximum atomic E-state index is 13.2. The SMILES string of the molecule is O=C(NC1=CC2NCCC2C=C1)c1cccc2c1CCN(Cc1ccnc3ccccc13)C2. The number of benzene rings is 2. The molecule has 3 heterocycles. The average Bonchev–Trinajstić information content (AvgIpc) is 3.32. The van der Waals surface area contributed by atoms with E-state index in [1.54, 1.807) is 0 Å². The van der Waals surface area contributed by atoms with Gasteiger partial charge >= 0.3 is 0 Å². The zero-order valence-electron chi connectivity index (χ0n) is 18.6. The van der Waals surface area contributed by atoms with Gasteiger partial charge in [-0.1, -0.05) is 36.4 Å². The van der Waals surface area contributed by atoms with Crippen LogP contribution in [0.3, 0.4) is 0 Å². The molecule has 166 valence electrons. The van der Waals surface area contributed by atoms with Crippen molar-refractivity contribution in [1.82, 2.24) is 20.5 Å². The van der Waals surface area contributed by atoms with Crippen LogP contribution >= 0.6 is 0 Å². The molecular weight excluding hydrogens is 408 g/mol. The zero-order valence-corrected chi connectivity index (χ0v) is 18.6. The van der Waals surface area contributed by atoms with Gasteiger partial charge in [-0.25, -0.2) is 0 Å². The number of hydrogen-bond acceptors (Lipinski definition) is 4. The van der Waals surface area contributed by atoms with Gasteiger partial charge in [-0.05, 0) is 72.3 Å². The Hall–Kier alpha value is -3.28. The van der Waals surface area contributed by atoms with E-state index in [1.807, 2.05) is 24.4 Å². The Morgan fingerprint density at radius 1 is 1.15 bits per heavy atom. The van der Waals surface area contributed by atoms with Crippen LogP contribution in [0, 0.1) is 5.92 Å². The Bertz CT molecular complexity index is 1270. The Kier molecular flexibility index (Phi) is 5.29. The van der Waals surface area contributed by atoms with Crippen LogP contribution in [-0.4, -0.2) is 34.9 Å². The van der Waals surface area contributed by atoms with Crippen molar-refractivity contribution in [3.8, 4) is 0 Å². The van der Waals surface area contributed by atoms with Crippen LogP contribution in [0.25, 0.3) is 10.9 Å². The number of nitrogens with one attached hydrogen (secondary N) is 2. The van der Waals surface area contributed by atoms with Gasteiger partial charge in [-0.2, -0.15) is 0 Å². The minimum Gasteiger partial charge on any atom is -0.322 e. The number of aromatic nitrogens is 1. The summed E-state index contributed by atoms with van der Waals surface area (Å²) < 4.78 is 0. The predicted molar refractivity (Wildman–Crippen MR) is 131 cm³/mol. The number of carbonyl (C=O) groups excluding carboxylic acids is 1. The van der Waals surface area contributed by atoms with Gasteiger partial charge in [0.05, 0.1) is 5.52 Å².